The largest absolute Gasteiger partial charge is 0.369 e. The van der Waals surface area contributed by atoms with E-state index in [1.807, 2.05) is 10.6 Å². The third-order valence-corrected chi connectivity index (χ3v) is 3.82. The second kappa shape index (κ2) is 4.24. The quantitative estimate of drug-likeness (QED) is 0.882. The van der Waals surface area contributed by atoms with Crippen LogP contribution in [0.15, 0.2) is 18.2 Å². The fourth-order valence-electron chi connectivity index (χ4n) is 2.74. The Kier molecular flexibility index (Phi) is 2.70. The molecule has 1 aromatic heterocycles. The summed E-state index contributed by atoms with van der Waals surface area (Å²) >= 11 is 0. The zero-order valence-electron chi connectivity index (χ0n) is 10.4. The minimum Gasteiger partial charge on any atom is -0.369 e. The van der Waals surface area contributed by atoms with E-state index in [1.165, 1.54) is 12.5 Å². The first-order valence-electron chi connectivity index (χ1n) is 6.27. The molecule has 1 aliphatic rings. The minimum atomic E-state index is -0.308. The molecule has 4 nitrogen and oxygen atoms in total. The number of hydrogen-bond acceptors (Lipinski definition) is 3. The third kappa shape index (κ3) is 1.75. The number of anilines is 1. The van der Waals surface area contributed by atoms with Crippen molar-refractivity contribution in [1.29, 1.82) is 0 Å². The summed E-state index contributed by atoms with van der Waals surface area (Å²) in [7, 11) is 2.12. The van der Waals surface area contributed by atoms with Crippen LogP contribution in [0.2, 0.25) is 0 Å². The fourth-order valence-corrected chi connectivity index (χ4v) is 2.74. The van der Waals surface area contributed by atoms with Crippen LogP contribution in [0, 0.1) is 5.82 Å². The molecule has 0 amide bonds. The number of imidazole rings is 1. The third-order valence-electron chi connectivity index (χ3n) is 3.82. The number of para-hydroxylation sites is 1. The van der Waals surface area contributed by atoms with Gasteiger partial charge in [0.15, 0.2) is 5.82 Å². The highest BCUT2D eigenvalue weighted by molar-refractivity contribution is 5.78. The van der Waals surface area contributed by atoms with Gasteiger partial charge in [-0.2, -0.15) is 0 Å². The van der Waals surface area contributed by atoms with E-state index >= 15 is 0 Å². The van der Waals surface area contributed by atoms with Gasteiger partial charge in [0, 0.05) is 12.6 Å². The van der Waals surface area contributed by atoms with Crippen molar-refractivity contribution in [3.8, 4) is 0 Å². The molecule has 0 radical (unpaired) electrons. The van der Waals surface area contributed by atoms with Crippen molar-refractivity contribution in [3.05, 3.63) is 24.0 Å². The highest BCUT2D eigenvalue weighted by Gasteiger charge is 2.23. The summed E-state index contributed by atoms with van der Waals surface area (Å²) in [5.74, 6) is 0.0909. The molecule has 2 aromatic rings. The molecule has 0 saturated carbocycles. The molecule has 2 heterocycles. The Labute approximate surface area is 105 Å². The van der Waals surface area contributed by atoms with E-state index in [-0.39, 0.29) is 5.82 Å². The van der Waals surface area contributed by atoms with Gasteiger partial charge >= 0.3 is 0 Å². The summed E-state index contributed by atoms with van der Waals surface area (Å²) in [6.07, 6.45) is 2.37. The maximum atomic E-state index is 13.6. The van der Waals surface area contributed by atoms with Crippen molar-refractivity contribution in [3.63, 3.8) is 0 Å². The molecule has 0 bridgehead atoms. The first-order valence-corrected chi connectivity index (χ1v) is 6.27. The highest BCUT2D eigenvalue weighted by Crippen LogP contribution is 2.24. The van der Waals surface area contributed by atoms with E-state index < -0.39 is 0 Å². The molecule has 1 saturated heterocycles. The predicted molar refractivity (Wildman–Crippen MR) is 69.8 cm³/mol. The van der Waals surface area contributed by atoms with Crippen LogP contribution >= 0.6 is 0 Å². The van der Waals surface area contributed by atoms with Crippen LogP contribution in [0.4, 0.5) is 10.3 Å². The topological polar surface area (TPSA) is 47.1 Å². The van der Waals surface area contributed by atoms with Gasteiger partial charge in [-0.25, -0.2) is 9.37 Å². The van der Waals surface area contributed by atoms with Gasteiger partial charge in [-0.1, -0.05) is 6.07 Å². The Balaban J connectivity index is 2.01. The van der Waals surface area contributed by atoms with Gasteiger partial charge in [-0.05, 0) is 38.6 Å². The van der Waals surface area contributed by atoms with Crippen molar-refractivity contribution < 1.29 is 4.39 Å². The van der Waals surface area contributed by atoms with Gasteiger partial charge in [0.25, 0.3) is 0 Å². The number of likely N-dealkylation sites (N-methyl/N-ethyl adjacent to an activating group) is 1. The van der Waals surface area contributed by atoms with Gasteiger partial charge in [-0.3, -0.25) is 0 Å². The Morgan fingerprint density at radius 2 is 2.33 bits per heavy atom. The lowest BCUT2D eigenvalue weighted by molar-refractivity contribution is 0.285. The summed E-state index contributed by atoms with van der Waals surface area (Å²) < 4.78 is 15.5. The van der Waals surface area contributed by atoms with Gasteiger partial charge in [0.1, 0.15) is 5.52 Å². The first-order chi connectivity index (χ1) is 8.66. The lowest BCUT2D eigenvalue weighted by atomic mass is 10.2. The summed E-state index contributed by atoms with van der Waals surface area (Å²) in [5, 5.41) is 0. The minimum absolute atomic E-state index is 0.308. The monoisotopic (exact) mass is 248 g/mol. The Hall–Kier alpha value is -1.62. The number of nitrogens with zero attached hydrogens (tertiary/aromatic N) is 3. The van der Waals surface area contributed by atoms with Gasteiger partial charge < -0.3 is 15.2 Å². The summed E-state index contributed by atoms with van der Waals surface area (Å²) in [4.78, 5) is 6.45. The molecule has 0 spiro atoms. The van der Waals surface area contributed by atoms with Crippen LogP contribution in [-0.2, 0) is 6.54 Å². The van der Waals surface area contributed by atoms with Crippen LogP contribution in [0.5, 0.6) is 0 Å². The van der Waals surface area contributed by atoms with Crippen molar-refractivity contribution in [2.24, 2.45) is 0 Å². The molecule has 5 heteroatoms. The Morgan fingerprint density at radius 3 is 3.06 bits per heavy atom. The zero-order valence-corrected chi connectivity index (χ0v) is 10.4. The Bertz CT molecular complexity index is 578. The number of nitrogens with two attached hydrogens (primary N) is 1. The predicted octanol–water partition coefficient (Wildman–Crippen LogP) is 1.85. The summed E-state index contributed by atoms with van der Waals surface area (Å²) in [5.41, 5.74) is 7.07. The molecule has 1 unspecified atom stereocenters. The summed E-state index contributed by atoms with van der Waals surface area (Å²) in [6.45, 7) is 1.90. The van der Waals surface area contributed by atoms with E-state index in [9.17, 15) is 4.39 Å². The number of likely N-dealkylation sites (tertiary alicyclic amines) is 1. The number of aromatic nitrogens is 2. The fraction of sp³-hybridized carbons (Fsp3) is 0.462. The molecule has 0 aliphatic carbocycles. The van der Waals surface area contributed by atoms with Gasteiger partial charge in [-0.15, -0.1) is 0 Å². The second-order valence-corrected chi connectivity index (χ2v) is 4.96. The zero-order chi connectivity index (χ0) is 12.7. The van der Waals surface area contributed by atoms with Crippen molar-refractivity contribution >= 4 is 17.0 Å². The average Bonchev–Trinajstić information content (AvgIpc) is 2.87. The maximum absolute atomic E-state index is 13.6. The average molecular weight is 248 g/mol. The normalized spacial score (nSPS) is 20.9. The van der Waals surface area contributed by atoms with Crippen LogP contribution in [0.1, 0.15) is 12.8 Å². The van der Waals surface area contributed by atoms with E-state index in [1.54, 1.807) is 6.07 Å². The number of benzene rings is 1. The van der Waals surface area contributed by atoms with Crippen LogP contribution in [-0.4, -0.2) is 34.1 Å². The van der Waals surface area contributed by atoms with Gasteiger partial charge in [0.05, 0.1) is 5.52 Å². The molecule has 1 fully saturated rings. The van der Waals surface area contributed by atoms with E-state index in [4.69, 9.17) is 5.73 Å². The SMILES string of the molecule is CN1CCCC1Cn1c(N)nc2c(F)cccc21. The lowest BCUT2D eigenvalue weighted by Gasteiger charge is -2.20. The Morgan fingerprint density at radius 1 is 1.50 bits per heavy atom. The molecule has 2 N–H and O–H groups in total. The number of rotatable bonds is 2. The van der Waals surface area contributed by atoms with Crippen LogP contribution in [0.25, 0.3) is 11.0 Å². The van der Waals surface area contributed by atoms with Crippen molar-refractivity contribution in [2.75, 3.05) is 19.3 Å². The molecule has 3 rings (SSSR count). The maximum Gasteiger partial charge on any atom is 0.201 e. The molecule has 18 heavy (non-hydrogen) atoms. The van der Waals surface area contributed by atoms with E-state index in [0.29, 0.717) is 17.5 Å². The number of hydrogen-bond donors (Lipinski definition) is 1. The van der Waals surface area contributed by atoms with Crippen LogP contribution < -0.4 is 5.73 Å². The number of fused-ring (bicyclic) bond motifs is 1. The molecule has 1 aliphatic heterocycles. The summed E-state index contributed by atoms with van der Waals surface area (Å²) in [6, 6.07) is 5.46. The first kappa shape index (κ1) is 11.5. The number of nitrogen functional groups attached to an aromatic ring is 1. The molecule has 96 valence electrons. The standard InChI is InChI=1S/C13H17FN4/c1-17-7-3-4-9(17)8-18-11-6-2-5-10(14)12(11)16-13(18)15/h2,5-6,9H,3-4,7-8H2,1H3,(H2,15,16). The van der Waals surface area contributed by atoms with Gasteiger partial charge in [0.2, 0.25) is 5.95 Å². The molecular formula is C13H17FN4. The second-order valence-electron chi connectivity index (χ2n) is 4.96. The van der Waals surface area contributed by atoms with E-state index in [2.05, 4.69) is 16.9 Å². The van der Waals surface area contributed by atoms with Crippen LogP contribution in [0.3, 0.4) is 0 Å². The molecular weight excluding hydrogens is 231 g/mol. The van der Waals surface area contributed by atoms with Crippen molar-refractivity contribution in [2.45, 2.75) is 25.4 Å². The lowest BCUT2D eigenvalue weighted by Crippen LogP contribution is -2.29. The van der Waals surface area contributed by atoms with E-state index in [0.717, 1.165) is 25.0 Å². The smallest absolute Gasteiger partial charge is 0.201 e. The molecule has 1 atom stereocenters. The highest BCUT2D eigenvalue weighted by atomic mass is 19.1. The molecule has 1 aromatic carbocycles. The van der Waals surface area contributed by atoms with Crippen molar-refractivity contribution in [1.82, 2.24) is 14.5 Å². The number of halogens is 1.